The summed E-state index contributed by atoms with van der Waals surface area (Å²) in [6, 6.07) is 25.8. The van der Waals surface area contributed by atoms with Crippen LogP contribution in [0.25, 0.3) is 0 Å². The van der Waals surface area contributed by atoms with E-state index in [1.165, 1.54) is 6.07 Å². The van der Waals surface area contributed by atoms with Crippen molar-refractivity contribution in [1.82, 2.24) is 0 Å². The Labute approximate surface area is 184 Å². The second-order valence-electron chi connectivity index (χ2n) is 7.19. The summed E-state index contributed by atoms with van der Waals surface area (Å²) >= 11 is 0. The Morgan fingerprint density at radius 1 is 0.903 bits per heavy atom. The normalized spacial score (nSPS) is 12.9. The Morgan fingerprint density at radius 3 is 1.87 bits per heavy atom. The Kier molecular flexibility index (Phi) is 7.26. The largest absolute Gasteiger partial charge is 0.466 e. The van der Waals surface area contributed by atoms with Crippen LogP contribution in [-0.2, 0) is 19.6 Å². The zero-order chi connectivity index (χ0) is 22.5. The first kappa shape index (κ1) is 23.1. The SMILES string of the molecule is CCOC(=O)CC(C)[P+](c1ccccc1)(c1ccccc1)c1ccccc1S(=O)(=O)O. The average molecular weight is 458 g/mol. The van der Waals surface area contributed by atoms with Crippen molar-refractivity contribution in [3.63, 3.8) is 0 Å². The number of rotatable bonds is 8. The molecule has 1 atom stereocenters. The topological polar surface area (TPSA) is 80.7 Å². The van der Waals surface area contributed by atoms with Gasteiger partial charge in [0.25, 0.3) is 10.1 Å². The molecule has 3 aromatic carbocycles. The summed E-state index contributed by atoms with van der Waals surface area (Å²) in [6.45, 7) is 3.98. The van der Waals surface area contributed by atoms with Gasteiger partial charge in [0, 0.05) is 0 Å². The van der Waals surface area contributed by atoms with Crippen molar-refractivity contribution in [2.45, 2.75) is 30.8 Å². The molecule has 0 amide bonds. The summed E-state index contributed by atoms with van der Waals surface area (Å²) in [5, 5.41) is 2.37. The van der Waals surface area contributed by atoms with E-state index < -0.39 is 17.4 Å². The predicted octanol–water partition coefficient (Wildman–Crippen LogP) is 3.57. The maximum atomic E-state index is 12.5. The summed E-state index contributed by atoms with van der Waals surface area (Å²) in [7, 11) is -7.19. The van der Waals surface area contributed by atoms with Crippen molar-refractivity contribution in [2.24, 2.45) is 0 Å². The lowest BCUT2D eigenvalue weighted by Gasteiger charge is -2.33. The van der Waals surface area contributed by atoms with E-state index >= 15 is 0 Å². The maximum Gasteiger partial charge on any atom is 0.309 e. The molecule has 7 heteroatoms. The van der Waals surface area contributed by atoms with E-state index in [0.717, 1.165) is 10.6 Å². The fourth-order valence-electron chi connectivity index (χ4n) is 4.06. The molecule has 0 fully saturated rings. The Morgan fingerprint density at radius 2 is 1.39 bits per heavy atom. The van der Waals surface area contributed by atoms with Gasteiger partial charge in [0.05, 0.1) is 18.7 Å². The van der Waals surface area contributed by atoms with Crippen LogP contribution in [0.2, 0.25) is 0 Å². The van der Waals surface area contributed by atoms with Crippen LogP contribution in [-0.4, -0.2) is 31.2 Å². The molecular formula is C24H26O5PS+. The van der Waals surface area contributed by atoms with E-state index in [0.29, 0.717) is 5.30 Å². The molecule has 0 aliphatic heterocycles. The molecule has 0 aliphatic rings. The number of hydrogen-bond acceptors (Lipinski definition) is 4. The van der Waals surface area contributed by atoms with E-state index in [1.807, 2.05) is 67.6 Å². The molecular weight excluding hydrogens is 431 g/mol. The standard InChI is InChI=1S/C24H25O5PS/c1-3-29-24(25)18-19(2)30(20-12-6-4-7-13-20,21-14-8-5-9-15-21)22-16-10-11-17-23(22)31(26,27)28/h4-17,19H,3,18H2,1-2H3/p+1. The van der Waals surface area contributed by atoms with Crippen molar-refractivity contribution in [1.29, 1.82) is 0 Å². The van der Waals surface area contributed by atoms with E-state index in [4.69, 9.17) is 4.74 Å². The zero-order valence-electron chi connectivity index (χ0n) is 17.5. The van der Waals surface area contributed by atoms with Crippen LogP contribution < -0.4 is 15.9 Å². The third kappa shape index (κ3) is 4.72. The lowest BCUT2D eigenvalue weighted by molar-refractivity contribution is -0.143. The fourth-order valence-corrected chi connectivity index (χ4v) is 10.2. The summed E-state index contributed by atoms with van der Waals surface area (Å²) < 4.78 is 40.1. The van der Waals surface area contributed by atoms with Crippen LogP contribution in [0.5, 0.6) is 0 Å². The van der Waals surface area contributed by atoms with Crippen LogP contribution in [0.15, 0.2) is 89.8 Å². The number of esters is 1. The first-order valence-electron chi connectivity index (χ1n) is 10.0. The number of carbonyl (C=O) groups is 1. The third-order valence-electron chi connectivity index (χ3n) is 5.28. The number of hydrogen-bond donors (Lipinski definition) is 1. The molecule has 0 saturated heterocycles. The van der Waals surface area contributed by atoms with Gasteiger partial charge in [-0.05, 0) is 50.2 Å². The van der Waals surface area contributed by atoms with Gasteiger partial charge in [0.15, 0.2) is 0 Å². The molecule has 3 rings (SSSR count). The summed E-state index contributed by atoms with van der Waals surface area (Å²) in [4.78, 5) is 12.4. The van der Waals surface area contributed by atoms with Gasteiger partial charge in [-0.2, -0.15) is 8.42 Å². The van der Waals surface area contributed by atoms with Crippen LogP contribution in [0.4, 0.5) is 0 Å². The molecule has 0 radical (unpaired) electrons. The maximum absolute atomic E-state index is 12.5. The highest BCUT2D eigenvalue weighted by atomic mass is 32.2. The first-order valence-corrected chi connectivity index (χ1v) is 13.3. The van der Waals surface area contributed by atoms with Gasteiger partial charge in [-0.15, -0.1) is 0 Å². The Bertz CT molecular complexity index is 1090. The van der Waals surface area contributed by atoms with Gasteiger partial charge in [0.1, 0.15) is 28.1 Å². The van der Waals surface area contributed by atoms with Gasteiger partial charge < -0.3 is 4.74 Å². The highest BCUT2D eigenvalue weighted by Crippen LogP contribution is 2.61. The lowest BCUT2D eigenvalue weighted by atomic mass is 10.3. The molecule has 162 valence electrons. The molecule has 1 unspecified atom stereocenters. The number of ether oxygens (including phenoxy) is 1. The molecule has 0 aliphatic carbocycles. The lowest BCUT2D eigenvalue weighted by Crippen LogP contribution is -2.40. The van der Waals surface area contributed by atoms with Gasteiger partial charge in [-0.25, -0.2) is 0 Å². The molecule has 0 spiro atoms. The van der Waals surface area contributed by atoms with Gasteiger partial charge in [0.2, 0.25) is 0 Å². The molecule has 0 heterocycles. The number of carbonyl (C=O) groups excluding carboxylic acids is 1. The first-order chi connectivity index (χ1) is 14.8. The minimum absolute atomic E-state index is 0.116. The Balaban J connectivity index is 2.41. The second kappa shape index (κ2) is 9.73. The monoisotopic (exact) mass is 457 g/mol. The molecule has 5 nitrogen and oxygen atoms in total. The van der Waals surface area contributed by atoms with E-state index in [9.17, 15) is 17.8 Å². The minimum Gasteiger partial charge on any atom is -0.466 e. The van der Waals surface area contributed by atoms with Crippen molar-refractivity contribution < 1.29 is 22.5 Å². The quantitative estimate of drug-likeness (QED) is 0.318. The number of benzene rings is 3. The van der Waals surface area contributed by atoms with Gasteiger partial charge in [-0.3, -0.25) is 9.35 Å². The van der Waals surface area contributed by atoms with Crippen molar-refractivity contribution in [3.8, 4) is 0 Å². The highest BCUT2D eigenvalue weighted by molar-refractivity contribution is 7.97. The second-order valence-corrected chi connectivity index (χ2v) is 12.4. The van der Waals surface area contributed by atoms with Crippen molar-refractivity contribution in [2.75, 3.05) is 6.61 Å². The van der Waals surface area contributed by atoms with E-state index in [1.54, 1.807) is 25.1 Å². The van der Waals surface area contributed by atoms with Crippen LogP contribution >= 0.6 is 7.26 Å². The third-order valence-corrected chi connectivity index (χ3v) is 11.2. The molecule has 0 aromatic heterocycles. The molecule has 0 saturated carbocycles. The summed E-state index contributed by atoms with van der Waals surface area (Å²) in [5.74, 6) is -0.337. The summed E-state index contributed by atoms with van der Waals surface area (Å²) in [5.41, 5.74) is -0.278. The van der Waals surface area contributed by atoms with Gasteiger partial charge >= 0.3 is 5.97 Å². The van der Waals surface area contributed by atoms with E-state index in [-0.39, 0.29) is 29.6 Å². The van der Waals surface area contributed by atoms with E-state index in [2.05, 4.69) is 0 Å². The molecule has 3 aromatic rings. The molecule has 31 heavy (non-hydrogen) atoms. The minimum atomic E-state index is -4.49. The predicted molar refractivity (Wildman–Crippen MR) is 126 cm³/mol. The van der Waals surface area contributed by atoms with Crippen molar-refractivity contribution in [3.05, 3.63) is 84.9 Å². The molecule has 1 N–H and O–H groups in total. The summed E-state index contributed by atoms with van der Waals surface area (Å²) in [6.07, 6.45) is 0.116. The zero-order valence-corrected chi connectivity index (χ0v) is 19.2. The van der Waals surface area contributed by atoms with Crippen molar-refractivity contribution >= 4 is 39.3 Å². The molecule has 0 bridgehead atoms. The smallest absolute Gasteiger partial charge is 0.309 e. The Hall–Kier alpha value is -2.53. The van der Waals surface area contributed by atoms with Gasteiger partial charge in [-0.1, -0.05) is 48.5 Å². The van der Waals surface area contributed by atoms with Crippen LogP contribution in [0, 0.1) is 0 Å². The van der Waals surface area contributed by atoms with Crippen LogP contribution in [0.1, 0.15) is 20.3 Å². The highest BCUT2D eigenvalue weighted by Gasteiger charge is 2.53. The van der Waals surface area contributed by atoms with Crippen LogP contribution in [0.3, 0.4) is 0 Å². The average Bonchev–Trinajstić information content (AvgIpc) is 2.76. The fraction of sp³-hybridized carbons (Fsp3) is 0.208.